The third kappa shape index (κ3) is 5.62. The van der Waals surface area contributed by atoms with Gasteiger partial charge in [-0.3, -0.25) is 4.90 Å². The highest BCUT2D eigenvalue weighted by molar-refractivity contribution is 7.88. The maximum atomic E-state index is 14.1. The van der Waals surface area contributed by atoms with Crippen molar-refractivity contribution in [3.63, 3.8) is 0 Å². The van der Waals surface area contributed by atoms with E-state index in [9.17, 15) is 26.0 Å². The van der Waals surface area contributed by atoms with Crippen LogP contribution in [0.25, 0.3) is 11.1 Å². The second-order valence-electron chi connectivity index (χ2n) is 9.49. The lowest BCUT2D eigenvalue weighted by atomic mass is 9.94. The fraction of sp³-hybridized carbons (Fsp3) is 0.286. The predicted octanol–water partition coefficient (Wildman–Crippen LogP) is 4.71. The molecule has 0 bridgehead atoms. The molecule has 1 aliphatic carbocycles. The minimum Gasteiger partial charge on any atom is -0.492 e. The number of piperazine rings is 1. The van der Waals surface area contributed by atoms with Gasteiger partial charge < -0.3 is 4.74 Å². The standard InChI is InChI=1S/C28H26F4N2O3S/c1-38(35,36)34-8-6-33(7-9-34)10-11-37-23-3-4-24-19(14-23)15-25(18-2-5-26(31)27(32)16-18)28(24)20-12-21(29)17-22(30)13-20/h2-5,12-14,16-17H,6-11,15H2,1H3. The normalized spacial score (nSPS) is 16.7. The zero-order valence-electron chi connectivity index (χ0n) is 20.7. The van der Waals surface area contributed by atoms with Crippen LogP contribution in [0.2, 0.25) is 0 Å². The molecule has 10 heteroatoms. The molecule has 3 aromatic rings. The van der Waals surface area contributed by atoms with Gasteiger partial charge in [0.05, 0.1) is 6.26 Å². The van der Waals surface area contributed by atoms with Crippen molar-refractivity contribution in [2.45, 2.75) is 6.42 Å². The van der Waals surface area contributed by atoms with Crippen LogP contribution in [0.5, 0.6) is 5.75 Å². The predicted molar refractivity (Wildman–Crippen MR) is 137 cm³/mol. The van der Waals surface area contributed by atoms with Gasteiger partial charge in [0, 0.05) is 38.8 Å². The van der Waals surface area contributed by atoms with Gasteiger partial charge in [0.15, 0.2) is 11.6 Å². The summed E-state index contributed by atoms with van der Waals surface area (Å²) in [6.07, 6.45) is 1.56. The Labute approximate surface area is 219 Å². The molecule has 3 aromatic carbocycles. The van der Waals surface area contributed by atoms with Crippen LogP contribution in [0.1, 0.15) is 22.3 Å². The minimum atomic E-state index is -3.19. The average Bonchev–Trinajstić information content (AvgIpc) is 3.24. The Kier molecular flexibility index (Phi) is 7.30. The molecule has 200 valence electrons. The highest BCUT2D eigenvalue weighted by Gasteiger charge is 2.26. The molecule has 0 amide bonds. The number of allylic oxidation sites excluding steroid dienone is 1. The van der Waals surface area contributed by atoms with Gasteiger partial charge in [0.1, 0.15) is 24.0 Å². The first-order chi connectivity index (χ1) is 18.1. The lowest BCUT2D eigenvalue weighted by Crippen LogP contribution is -2.49. The average molecular weight is 547 g/mol. The van der Waals surface area contributed by atoms with Gasteiger partial charge in [-0.1, -0.05) is 12.1 Å². The Morgan fingerprint density at radius 2 is 1.53 bits per heavy atom. The van der Waals surface area contributed by atoms with Crippen LogP contribution in [0.4, 0.5) is 17.6 Å². The van der Waals surface area contributed by atoms with Crippen LogP contribution in [0.3, 0.4) is 0 Å². The first kappa shape index (κ1) is 26.4. The fourth-order valence-corrected chi connectivity index (χ4v) is 5.85. The number of fused-ring (bicyclic) bond motifs is 1. The van der Waals surface area contributed by atoms with Crippen LogP contribution in [0, 0.1) is 23.3 Å². The van der Waals surface area contributed by atoms with E-state index in [-0.39, 0.29) is 0 Å². The molecule has 1 aliphatic heterocycles. The molecule has 1 heterocycles. The second-order valence-corrected chi connectivity index (χ2v) is 11.5. The van der Waals surface area contributed by atoms with Crippen LogP contribution in [-0.4, -0.2) is 63.2 Å². The molecular formula is C28H26F4N2O3S. The summed E-state index contributed by atoms with van der Waals surface area (Å²) in [5, 5.41) is 0. The topological polar surface area (TPSA) is 49.9 Å². The van der Waals surface area contributed by atoms with Crippen molar-refractivity contribution in [3.05, 3.63) is 100 Å². The molecule has 0 radical (unpaired) electrons. The van der Waals surface area contributed by atoms with E-state index in [1.807, 2.05) is 6.07 Å². The lowest BCUT2D eigenvalue weighted by Gasteiger charge is -2.33. The summed E-state index contributed by atoms with van der Waals surface area (Å²) in [6, 6.07) is 12.2. The van der Waals surface area contributed by atoms with E-state index < -0.39 is 33.3 Å². The van der Waals surface area contributed by atoms with Crippen LogP contribution in [-0.2, 0) is 16.4 Å². The number of halogens is 4. The Morgan fingerprint density at radius 1 is 0.816 bits per heavy atom. The van der Waals surface area contributed by atoms with Crippen molar-refractivity contribution >= 4 is 21.2 Å². The van der Waals surface area contributed by atoms with Gasteiger partial charge in [-0.25, -0.2) is 26.0 Å². The monoisotopic (exact) mass is 546 g/mol. The Hall–Kier alpha value is -3.21. The van der Waals surface area contributed by atoms with E-state index in [1.54, 1.807) is 12.1 Å². The van der Waals surface area contributed by atoms with E-state index in [1.165, 1.54) is 28.8 Å². The third-order valence-corrected chi connectivity index (χ3v) is 8.21. The maximum Gasteiger partial charge on any atom is 0.211 e. The summed E-state index contributed by atoms with van der Waals surface area (Å²) in [4.78, 5) is 2.13. The molecule has 5 rings (SSSR count). The van der Waals surface area contributed by atoms with Crippen LogP contribution < -0.4 is 4.74 Å². The molecule has 0 saturated carbocycles. The fourth-order valence-electron chi connectivity index (χ4n) is 5.03. The number of sulfonamides is 1. The first-order valence-electron chi connectivity index (χ1n) is 12.2. The molecule has 1 fully saturated rings. The van der Waals surface area contributed by atoms with Crippen molar-refractivity contribution < 1.29 is 30.7 Å². The molecule has 0 spiro atoms. The number of nitrogens with zero attached hydrogens (tertiary/aromatic N) is 2. The lowest BCUT2D eigenvalue weighted by molar-refractivity contribution is 0.159. The molecular weight excluding hydrogens is 520 g/mol. The minimum absolute atomic E-state index is 0.308. The highest BCUT2D eigenvalue weighted by Crippen LogP contribution is 2.43. The number of hydrogen-bond acceptors (Lipinski definition) is 4. The second kappa shape index (κ2) is 10.5. The summed E-state index contributed by atoms with van der Waals surface area (Å²) in [7, 11) is -3.19. The molecule has 0 aromatic heterocycles. The first-order valence-corrected chi connectivity index (χ1v) is 14.0. The summed E-state index contributed by atoms with van der Waals surface area (Å²) in [5.74, 6) is -2.84. The van der Waals surface area contributed by atoms with Crippen molar-refractivity contribution in [2.24, 2.45) is 0 Å². The van der Waals surface area contributed by atoms with Crippen LogP contribution >= 0.6 is 0 Å². The highest BCUT2D eigenvalue weighted by atomic mass is 32.2. The van der Waals surface area contributed by atoms with Gasteiger partial charge in [0.2, 0.25) is 10.0 Å². The zero-order valence-corrected chi connectivity index (χ0v) is 21.5. The molecule has 2 aliphatic rings. The summed E-state index contributed by atoms with van der Waals surface area (Å²) < 4.78 is 86.7. The van der Waals surface area contributed by atoms with Crippen LogP contribution in [0.15, 0.2) is 54.6 Å². The van der Waals surface area contributed by atoms with Crippen molar-refractivity contribution in [1.82, 2.24) is 9.21 Å². The maximum absolute atomic E-state index is 14.1. The molecule has 5 nitrogen and oxygen atoms in total. The smallest absolute Gasteiger partial charge is 0.211 e. The van der Waals surface area contributed by atoms with E-state index >= 15 is 0 Å². The van der Waals surface area contributed by atoms with Gasteiger partial charge in [-0.2, -0.15) is 4.31 Å². The Bertz CT molecular complexity index is 1500. The van der Waals surface area contributed by atoms with Crippen molar-refractivity contribution in [1.29, 1.82) is 0 Å². The van der Waals surface area contributed by atoms with E-state index in [0.717, 1.165) is 29.3 Å². The molecule has 0 N–H and O–H groups in total. The molecule has 0 atom stereocenters. The Balaban J connectivity index is 1.35. The largest absolute Gasteiger partial charge is 0.492 e. The molecule has 0 unspecified atom stereocenters. The molecule has 1 saturated heterocycles. The number of hydrogen-bond donors (Lipinski definition) is 0. The van der Waals surface area contributed by atoms with E-state index in [2.05, 4.69) is 4.90 Å². The Morgan fingerprint density at radius 3 is 2.18 bits per heavy atom. The van der Waals surface area contributed by atoms with E-state index in [4.69, 9.17) is 4.74 Å². The van der Waals surface area contributed by atoms with Crippen molar-refractivity contribution in [2.75, 3.05) is 45.6 Å². The SMILES string of the molecule is CS(=O)(=O)N1CCN(CCOc2ccc3c(c2)CC(c2ccc(F)c(F)c2)=C3c2cc(F)cc(F)c2)CC1. The van der Waals surface area contributed by atoms with Gasteiger partial charge in [-0.05, 0) is 76.2 Å². The molecule has 38 heavy (non-hydrogen) atoms. The zero-order chi connectivity index (χ0) is 27.0. The number of benzene rings is 3. The number of rotatable bonds is 7. The summed E-state index contributed by atoms with van der Waals surface area (Å²) in [5.41, 5.74) is 3.49. The number of ether oxygens (including phenoxy) is 1. The third-order valence-electron chi connectivity index (χ3n) is 6.91. The summed E-state index contributed by atoms with van der Waals surface area (Å²) in [6.45, 7) is 3.15. The van der Waals surface area contributed by atoms with Crippen molar-refractivity contribution in [3.8, 4) is 5.75 Å². The quantitative estimate of drug-likeness (QED) is 0.403. The van der Waals surface area contributed by atoms with E-state index in [0.29, 0.717) is 73.8 Å². The summed E-state index contributed by atoms with van der Waals surface area (Å²) >= 11 is 0. The van der Waals surface area contributed by atoms with Gasteiger partial charge in [-0.15, -0.1) is 0 Å². The van der Waals surface area contributed by atoms with Gasteiger partial charge >= 0.3 is 0 Å². The van der Waals surface area contributed by atoms with Gasteiger partial charge in [0.25, 0.3) is 0 Å².